The van der Waals surface area contributed by atoms with E-state index in [2.05, 4.69) is 50.3 Å². The van der Waals surface area contributed by atoms with E-state index in [4.69, 9.17) is 9.47 Å². The molecule has 0 radical (unpaired) electrons. The van der Waals surface area contributed by atoms with Crippen LogP contribution in [0.4, 0.5) is 0 Å². The van der Waals surface area contributed by atoms with Gasteiger partial charge in [-0.2, -0.15) is 0 Å². The first-order valence-corrected chi connectivity index (χ1v) is 19.1. The van der Waals surface area contributed by atoms with E-state index in [0.717, 1.165) is 38.5 Å². The number of carbonyl (C=O) groups is 1. The predicted octanol–water partition coefficient (Wildman–Crippen LogP) is 12.1. The highest BCUT2D eigenvalue weighted by Crippen LogP contribution is 2.13. The van der Waals surface area contributed by atoms with Crippen LogP contribution in [0, 0.1) is 0 Å². The SMILES string of the molecule is CCC/C=C\CCCCCCCC(=O)OC(CO)COCCCCCCCCCCCC/C=C\C/C=C\CCCCCCC. The van der Waals surface area contributed by atoms with Crippen molar-refractivity contribution in [2.75, 3.05) is 19.8 Å². The lowest BCUT2D eigenvalue weighted by Gasteiger charge is -2.15. The number of hydrogen-bond acceptors (Lipinski definition) is 4. The summed E-state index contributed by atoms with van der Waals surface area (Å²) in [7, 11) is 0. The van der Waals surface area contributed by atoms with E-state index in [-0.39, 0.29) is 12.6 Å². The Bertz CT molecular complexity index is 654. The summed E-state index contributed by atoms with van der Waals surface area (Å²) in [5.41, 5.74) is 0. The Morgan fingerprint density at radius 3 is 1.52 bits per heavy atom. The molecule has 258 valence electrons. The second-order valence-electron chi connectivity index (χ2n) is 12.6. The van der Waals surface area contributed by atoms with Gasteiger partial charge in [0.25, 0.3) is 0 Å². The zero-order valence-electron chi connectivity index (χ0n) is 29.4. The number of rotatable bonds is 35. The largest absolute Gasteiger partial charge is 0.457 e. The van der Waals surface area contributed by atoms with E-state index in [9.17, 15) is 9.90 Å². The number of aliphatic hydroxyl groups is 1. The van der Waals surface area contributed by atoms with Crippen LogP contribution in [-0.2, 0) is 14.3 Å². The first-order valence-electron chi connectivity index (χ1n) is 19.1. The van der Waals surface area contributed by atoms with E-state index >= 15 is 0 Å². The van der Waals surface area contributed by atoms with E-state index in [0.29, 0.717) is 19.6 Å². The fourth-order valence-electron chi connectivity index (χ4n) is 5.30. The zero-order valence-corrected chi connectivity index (χ0v) is 29.4. The molecule has 4 heteroatoms. The zero-order chi connectivity index (χ0) is 32.0. The molecule has 0 spiro atoms. The number of unbranched alkanes of at least 4 members (excludes halogenated alkanes) is 21. The van der Waals surface area contributed by atoms with Gasteiger partial charge in [0.1, 0.15) is 6.10 Å². The van der Waals surface area contributed by atoms with Crippen LogP contribution in [0.5, 0.6) is 0 Å². The minimum atomic E-state index is -0.537. The standard InChI is InChI=1S/C40H74O4/c1-3-5-7-9-11-13-15-16-17-18-19-20-21-22-23-24-25-26-28-30-32-34-36-43-38-39(37-41)44-40(42)35-33-31-29-27-14-12-10-8-6-4-2/h8,10,15-16,18-19,39,41H,3-7,9,11-14,17,20-38H2,1-2H3/b10-8-,16-15-,19-18-. The summed E-state index contributed by atoms with van der Waals surface area (Å²) in [5.74, 6) is -0.214. The summed E-state index contributed by atoms with van der Waals surface area (Å²) in [4.78, 5) is 12.1. The highest BCUT2D eigenvalue weighted by atomic mass is 16.6. The molecule has 0 aliphatic carbocycles. The molecule has 0 saturated carbocycles. The van der Waals surface area contributed by atoms with Gasteiger partial charge in [-0.15, -0.1) is 0 Å². The Hall–Kier alpha value is -1.39. The minimum absolute atomic E-state index is 0.176. The van der Waals surface area contributed by atoms with Gasteiger partial charge in [0.05, 0.1) is 13.2 Å². The van der Waals surface area contributed by atoms with Gasteiger partial charge in [-0.25, -0.2) is 0 Å². The molecule has 44 heavy (non-hydrogen) atoms. The van der Waals surface area contributed by atoms with E-state index in [1.807, 2.05) is 0 Å². The number of esters is 1. The van der Waals surface area contributed by atoms with Crippen molar-refractivity contribution >= 4 is 5.97 Å². The molecular formula is C40H74O4. The molecule has 1 atom stereocenters. The number of aliphatic hydroxyl groups excluding tert-OH is 1. The number of allylic oxidation sites excluding steroid dienone is 6. The van der Waals surface area contributed by atoms with Crippen LogP contribution in [0.3, 0.4) is 0 Å². The molecule has 0 amide bonds. The maximum absolute atomic E-state index is 12.1. The van der Waals surface area contributed by atoms with Gasteiger partial charge < -0.3 is 14.6 Å². The summed E-state index contributed by atoms with van der Waals surface area (Å²) in [6, 6.07) is 0. The molecule has 1 unspecified atom stereocenters. The Morgan fingerprint density at radius 1 is 0.545 bits per heavy atom. The van der Waals surface area contributed by atoms with E-state index < -0.39 is 6.10 Å². The monoisotopic (exact) mass is 619 g/mol. The molecule has 0 saturated heterocycles. The third kappa shape index (κ3) is 35.1. The normalized spacial score (nSPS) is 12.7. The van der Waals surface area contributed by atoms with Crippen LogP contribution in [0.1, 0.15) is 187 Å². The lowest BCUT2D eigenvalue weighted by Crippen LogP contribution is -2.27. The Morgan fingerprint density at radius 2 is 1.00 bits per heavy atom. The number of ether oxygens (including phenoxy) is 2. The summed E-state index contributed by atoms with van der Waals surface area (Å²) < 4.78 is 11.1. The predicted molar refractivity (Wildman–Crippen MR) is 191 cm³/mol. The van der Waals surface area contributed by atoms with Gasteiger partial charge >= 0.3 is 5.97 Å². The van der Waals surface area contributed by atoms with E-state index in [1.54, 1.807) is 0 Å². The summed E-state index contributed by atoms with van der Waals surface area (Å²) in [5, 5.41) is 9.54. The van der Waals surface area contributed by atoms with Crippen molar-refractivity contribution in [3.8, 4) is 0 Å². The average Bonchev–Trinajstić information content (AvgIpc) is 3.03. The maximum atomic E-state index is 12.1. The molecule has 0 fully saturated rings. The molecule has 0 bridgehead atoms. The lowest BCUT2D eigenvalue weighted by atomic mass is 10.1. The molecule has 1 N–H and O–H groups in total. The number of carbonyl (C=O) groups excluding carboxylic acids is 1. The first kappa shape index (κ1) is 42.6. The second-order valence-corrected chi connectivity index (χ2v) is 12.6. The maximum Gasteiger partial charge on any atom is 0.306 e. The summed E-state index contributed by atoms with van der Waals surface area (Å²) >= 11 is 0. The molecule has 0 heterocycles. The molecule has 0 aromatic rings. The molecule has 0 aromatic carbocycles. The van der Waals surface area contributed by atoms with Gasteiger partial charge in [0.15, 0.2) is 0 Å². The van der Waals surface area contributed by atoms with Gasteiger partial charge in [-0.05, 0) is 64.2 Å². The minimum Gasteiger partial charge on any atom is -0.457 e. The average molecular weight is 619 g/mol. The highest BCUT2D eigenvalue weighted by Gasteiger charge is 2.13. The molecule has 0 rings (SSSR count). The van der Waals surface area contributed by atoms with Crippen molar-refractivity contribution < 1.29 is 19.4 Å². The van der Waals surface area contributed by atoms with Crippen LogP contribution in [0.25, 0.3) is 0 Å². The quantitative estimate of drug-likeness (QED) is 0.0436. The fraction of sp³-hybridized carbons (Fsp3) is 0.825. The van der Waals surface area contributed by atoms with Crippen molar-refractivity contribution in [3.05, 3.63) is 36.5 Å². The van der Waals surface area contributed by atoms with Crippen LogP contribution < -0.4 is 0 Å². The van der Waals surface area contributed by atoms with Crippen molar-refractivity contribution in [2.24, 2.45) is 0 Å². The molecular weight excluding hydrogens is 544 g/mol. The lowest BCUT2D eigenvalue weighted by molar-refractivity contribution is -0.154. The van der Waals surface area contributed by atoms with Gasteiger partial charge in [-0.3, -0.25) is 4.79 Å². The summed E-state index contributed by atoms with van der Waals surface area (Å²) in [6.07, 6.45) is 46.2. The van der Waals surface area contributed by atoms with Crippen molar-refractivity contribution in [1.82, 2.24) is 0 Å². The molecule has 4 nitrogen and oxygen atoms in total. The van der Waals surface area contributed by atoms with Gasteiger partial charge in [-0.1, -0.05) is 153 Å². The van der Waals surface area contributed by atoms with Crippen LogP contribution in [-0.4, -0.2) is 37.0 Å². The number of hydrogen-bond donors (Lipinski definition) is 1. The van der Waals surface area contributed by atoms with Gasteiger partial charge in [0, 0.05) is 13.0 Å². The van der Waals surface area contributed by atoms with Crippen molar-refractivity contribution in [3.63, 3.8) is 0 Å². The molecule has 0 aromatic heterocycles. The third-order valence-electron chi connectivity index (χ3n) is 8.17. The molecule has 0 aliphatic rings. The van der Waals surface area contributed by atoms with Crippen LogP contribution in [0.2, 0.25) is 0 Å². The third-order valence-corrected chi connectivity index (χ3v) is 8.17. The Kier molecular flexibility index (Phi) is 36.6. The van der Waals surface area contributed by atoms with Crippen molar-refractivity contribution in [2.45, 2.75) is 193 Å². The smallest absolute Gasteiger partial charge is 0.306 e. The van der Waals surface area contributed by atoms with Crippen LogP contribution >= 0.6 is 0 Å². The Balaban J connectivity index is 3.41. The summed E-state index contributed by atoms with van der Waals surface area (Å²) in [6.45, 7) is 5.26. The fourth-order valence-corrected chi connectivity index (χ4v) is 5.30. The topological polar surface area (TPSA) is 55.8 Å². The Labute approximate surface area is 274 Å². The molecule has 0 aliphatic heterocycles. The second kappa shape index (κ2) is 37.8. The highest BCUT2D eigenvalue weighted by molar-refractivity contribution is 5.69. The van der Waals surface area contributed by atoms with Crippen molar-refractivity contribution in [1.29, 1.82) is 0 Å². The van der Waals surface area contributed by atoms with E-state index in [1.165, 1.54) is 128 Å². The first-order chi connectivity index (χ1) is 21.7. The van der Waals surface area contributed by atoms with Gasteiger partial charge in [0.2, 0.25) is 0 Å². The van der Waals surface area contributed by atoms with Crippen LogP contribution in [0.15, 0.2) is 36.5 Å².